The lowest BCUT2D eigenvalue weighted by molar-refractivity contribution is -0.142. The third-order valence-corrected chi connectivity index (χ3v) is 5.84. The van der Waals surface area contributed by atoms with Gasteiger partial charge in [0, 0.05) is 24.2 Å². The summed E-state index contributed by atoms with van der Waals surface area (Å²) in [5.41, 5.74) is 10.4. The van der Waals surface area contributed by atoms with Crippen molar-refractivity contribution >= 4 is 17.0 Å². The zero-order valence-electron chi connectivity index (χ0n) is 20.1. The third kappa shape index (κ3) is 5.65. The van der Waals surface area contributed by atoms with Gasteiger partial charge >= 0.3 is 12.3 Å². The van der Waals surface area contributed by atoms with Crippen molar-refractivity contribution in [2.45, 2.75) is 46.6 Å². The molecule has 0 saturated carbocycles. The van der Waals surface area contributed by atoms with E-state index >= 15 is 0 Å². The van der Waals surface area contributed by atoms with Crippen molar-refractivity contribution in [2.75, 3.05) is 0 Å². The minimum Gasteiger partial charge on any atom is -0.406 e. The molecule has 2 aromatic carbocycles. The quantitative estimate of drug-likeness (QED) is 0.383. The van der Waals surface area contributed by atoms with Crippen LogP contribution >= 0.6 is 0 Å². The molecule has 0 radical (unpaired) electrons. The van der Waals surface area contributed by atoms with Gasteiger partial charge < -0.3 is 15.8 Å². The molecular weight excluding hydrogens is 471 g/mol. The molecule has 2 heterocycles. The lowest BCUT2D eigenvalue weighted by Gasteiger charge is -2.13. The van der Waals surface area contributed by atoms with Gasteiger partial charge in [0.2, 0.25) is 5.69 Å². The number of pyridine rings is 1. The number of nitrogens with one attached hydrogen (secondary N) is 1. The van der Waals surface area contributed by atoms with Crippen molar-refractivity contribution < 1.29 is 22.7 Å². The SMILES string of the molecule is Cc1ccc2cc(Cn3cc(OC(=O)NCc4c(C)cc(CN)cc4C)c(C(F)(F)F)n3)ccc2n1. The Morgan fingerprint density at radius 2 is 1.78 bits per heavy atom. The Labute approximate surface area is 206 Å². The predicted octanol–water partition coefficient (Wildman–Crippen LogP) is 5.17. The van der Waals surface area contributed by atoms with Crippen molar-refractivity contribution in [3.05, 3.63) is 87.9 Å². The Bertz CT molecular complexity index is 1410. The molecule has 2 aromatic heterocycles. The number of amides is 1. The second-order valence-electron chi connectivity index (χ2n) is 8.67. The van der Waals surface area contributed by atoms with E-state index in [1.165, 1.54) is 0 Å². The molecule has 0 bridgehead atoms. The van der Waals surface area contributed by atoms with E-state index in [1.807, 2.05) is 51.1 Å². The van der Waals surface area contributed by atoms with Crippen LogP contribution in [0.4, 0.5) is 18.0 Å². The van der Waals surface area contributed by atoms with E-state index in [1.54, 1.807) is 12.1 Å². The van der Waals surface area contributed by atoms with E-state index in [2.05, 4.69) is 15.4 Å². The van der Waals surface area contributed by atoms with E-state index in [9.17, 15) is 18.0 Å². The Morgan fingerprint density at radius 3 is 2.44 bits per heavy atom. The standard InChI is InChI=1S/C26H26F3N5O2/c1-15-8-19(11-30)9-16(2)21(15)12-31-25(35)36-23-14-34(33-24(23)26(27,28)29)13-18-5-7-22-20(10-18)6-4-17(3)32-22/h4-10,14H,11-13,30H2,1-3H3,(H,31,35). The molecule has 4 rings (SSSR count). The molecular formula is C26H26F3N5O2. The van der Waals surface area contributed by atoms with Crippen LogP contribution in [0.25, 0.3) is 10.9 Å². The third-order valence-electron chi connectivity index (χ3n) is 5.84. The highest BCUT2D eigenvalue weighted by Crippen LogP contribution is 2.35. The highest BCUT2D eigenvalue weighted by Gasteiger charge is 2.39. The van der Waals surface area contributed by atoms with Gasteiger partial charge in [-0.25, -0.2) is 4.79 Å². The van der Waals surface area contributed by atoms with E-state index in [0.717, 1.165) is 55.3 Å². The highest BCUT2D eigenvalue weighted by atomic mass is 19.4. The summed E-state index contributed by atoms with van der Waals surface area (Å²) in [6, 6.07) is 13.0. The topological polar surface area (TPSA) is 95.1 Å². The van der Waals surface area contributed by atoms with Crippen molar-refractivity contribution in [2.24, 2.45) is 5.73 Å². The second-order valence-corrected chi connectivity index (χ2v) is 8.67. The molecule has 0 saturated heterocycles. The van der Waals surface area contributed by atoms with Gasteiger partial charge in [0.15, 0.2) is 5.75 Å². The number of rotatable bonds is 6. The fourth-order valence-electron chi connectivity index (χ4n) is 4.09. The van der Waals surface area contributed by atoms with Gasteiger partial charge in [-0.2, -0.15) is 18.3 Å². The maximum atomic E-state index is 13.6. The first-order chi connectivity index (χ1) is 17.0. The van der Waals surface area contributed by atoms with Gasteiger partial charge in [-0.15, -0.1) is 0 Å². The molecule has 188 valence electrons. The van der Waals surface area contributed by atoms with Crippen LogP contribution in [0.1, 0.15) is 39.2 Å². The van der Waals surface area contributed by atoms with Crippen molar-refractivity contribution in [1.82, 2.24) is 20.1 Å². The number of nitrogens with zero attached hydrogens (tertiary/aromatic N) is 3. The fraction of sp³-hybridized carbons (Fsp3) is 0.269. The second kappa shape index (κ2) is 9.98. The van der Waals surface area contributed by atoms with Crippen LogP contribution in [0, 0.1) is 20.8 Å². The molecule has 3 N–H and O–H groups in total. The van der Waals surface area contributed by atoms with Gasteiger partial charge in [-0.05, 0) is 66.8 Å². The maximum absolute atomic E-state index is 13.6. The lowest BCUT2D eigenvalue weighted by atomic mass is 9.99. The van der Waals surface area contributed by atoms with Gasteiger partial charge in [0.1, 0.15) is 0 Å². The fourth-order valence-corrected chi connectivity index (χ4v) is 4.09. The van der Waals surface area contributed by atoms with E-state index in [4.69, 9.17) is 10.5 Å². The van der Waals surface area contributed by atoms with Crippen LogP contribution in [0.2, 0.25) is 0 Å². The summed E-state index contributed by atoms with van der Waals surface area (Å²) < 4.78 is 47.0. The molecule has 0 spiro atoms. The Morgan fingerprint density at radius 1 is 1.06 bits per heavy atom. The molecule has 1 amide bonds. The van der Waals surface area contributed by atoms with Gasteiger partial charge in [-0.3, -0.25) is 9.67 Å². The summed E-state index contributed by atoms with van der Waals surface area (Å²) in [5.74, 6) is -0.662. The number of fused-ring (bicyclic) bond motifs is 1. The number of carbonyl (C=O) groups is 1. The van der Waals surface area contributed by atoms with Crippen LogP contribution in [-0.4, -0.2) is 20.9 Å². The van der Waals surface area contributed by atoms with Crippen molar-refractivity contribution in [3.8, 4) is 5.75 Å². The first kappa shape index (κ1) is 25.2. The average Bonchev–Trinajstić information content (AvgIpc) is 3.21. The van der Waals surface area contributed by atoms with E-state index in [0.29, 0.717) is 6.54 Å². The molecule has 0 fully saturated rings. The summed E-state index contributed by atoms with van der Waals surface area (Å²) in [6.45, 7) is 6.18. The predicted molar refractivity (Wildman–Crippen MR) is 129 cm³/mol. The molecule has 7 nitrogen and oxygen atoms in total. The Balaban J connectivity index is 1.50. The van der Waals surface area contributed by atoms with Crippen molar-refractivity contribution in [3.63, 3.8) is 0 Å². The molecule has 4 aromatic rings. The first-order valence-electron chi connectivity index (χ1n) is 11.3. The van der Waals surface area contributed by atoms with Crippen LogP contribution in [0.3, 0.4) is 0 Å². The number of benzene rings is 2. The molecule has 0 aliphatic rings. The van der Waals surface area contributed by atoms with E-state index < -0.39 is 23.7 Å². The summed E-state index contributed by atoms with van der Waals surface area (Å²) in [4.78, 5) is 16.8. The number of ether oxygens (including phenoxy) is 1. The zero-order chi connectivity index (χ0) is 26.0. The number of carbonyl (C=O) groups excluding carboxylic acids is 1. The summed E-state index contributed by atoms with van der Waals surface area (Å²) >= 11 is 0. The number of aromatic nitrogens is 3. The lowest BCUT2D eigenvalue weighted by Crippen LogP contribution is -2.27. The number of hydrogen-bond acceptors (Lipinski definition) is 5. The van der Waals surface area contributed by atoms with Crippen molar-refractivity contribution in [1.29, 1.82) is 0 Å². The zero-order valence-corrected chi connectivity index (χ0v) is 20.1. The average molecular weight is 498 g/mol. The maximum Gasteiger partial charge on any atom is 0.438 e. The first-order valence-corrected chi connectivity index (χ1v) is 11.3. The number of halogens is 3. The highest BCUT2D eigenvalue weighted by molar-refractivity contribution is 5.79. The van der Waals surface area contributed by atoms with Crippen LogP contribution < -0.4 is 15.8 Å². The number of aryl methyl sites for hydroxylation is 3. The summed E-state index contributed by atoms with van der Waals surface area (Å²) in [5, 5.41) is 7.04. The van der Waals surface area contributed by atoms with Gasteiger partial charge in [-0.1, -0.05) is 24.3 Å². The minimum atomic E-state index is -4.79. The number of nitrogens with two attached hydrogens (primary N) is 1. The van der Waals surface area contributed by atoms with Crippen LogP contribution in [0.5, 0.6) is 5.75 Å². The molecule has 0 aliphatic carbocycles. The molecule has 0 aliphatic heterocycles. The minimum absolute atomic E-state index is 0.0593. The van der Waals surface area contributed by atoms with Crippen LogP contribution in [0.15, 0.2) is 48.7 Å². The van der Waals surface area contributed by atoms with Crippen LogP contribution in [-0.2, 0) is 25.8 Å². The largest absolute Gasteiger partial charge is 0.438 e. The molecule has 36 heavy (non-hydrogen) atoms. The Hall–Kier alpha value is -3.92. The summed E-state index contributed by atoms with van der Waals surface area (Å²) in [7, 11) is 0. The number of hydrogen-bond donors (Lipinski definition) is 2. The smallest absolute Gasteiger partial charge is 0.406 e. The molecule has 0 atom stereocenters. The number of alkyl halides is 3. The molecule has 0 unspecified atom stereocenters. The summed E-state index contributed by atoms with van der Waals surface area (Å²) in [6.07, 6.45) is -4.72. The monoisotopic (exact) mass is 497 g/mol. The molecule has 10 heteroatoms. The van der Waals surface area contributed by atoms with Gasteiger partial charge in [0.25, 0.3) is 0 Å². The van der Waals surface area contributed by atoms with Gasteiger partial charge in [0.05, 0.1) is 18.3 Å². The van der Waals surface area contributed by atoms with E-state index in [-0.39, 0.29) is 13.1 Å². The Kier molecular flexibility index (Phi) is 6.98. The normalized spacial score (nSPS) is 11.6.